The Balaban J connectivity index is 1.51. The SMILES string of the molecule is CCN1C(=O)[C@H]2[C@H](CC=C3[C@H]2C[C@H]2C(=O)N(c4cccc(Cl)c4)C(=O)[C@@]2(c2ccccc2)[C@H]3c2ccccc2OCCO)C1=O. The molecule has 3 fully saturated rings. The lowest BCUT2D eigenvalue weighted by Crippen LogP contribution is -2.53. The van der Waals surface area contributed by atoms with Crippen LogP contribution >= 0.6 is 11.6 Å². The molecule has 4 amide bonds. The second kappa shape index (κ2) is 11.3. The van der Waals surface area contributed by atoms with E-state index in [4.69, 9.17) is 16.3 Å². The number of carbonyl (C=O) groups excluding carboxylic acids is 4. The minimum Gasteiger partial charge on any atom is -0.491 e. The van der Waals surface area contributed by atoms with E-state index in [-0.39, 0.29) is 49.8 Å². The van der Waals surface area contributed by atoms with E-state index < -0.39 is 35.0 Å². The first-order valence-corrected chi connectivity index (χ1v) is 15.8. The van der Waals surface area contributed by atoms with Gasteiger partial charge in [-0.25, -0.2) is 4.90 Å². The van der Waals surface area contributed by atoms with E-state index in [1.165, 1.54) is 9.80 Å². The van der Waals surface area contributed by atoms with Crippen LogP contribution in [0.25, 0.3) is 0 Å². The zero-order chi connectivity index (χ0) is 31.5. The van der Waals surface area contributed by atoms with Crippen LogP contribution in [0.1, 0.15) is 36.8 Å². The summed E-state index contributed by atoms with van der Waals surface area (Å²) in [5.41, 5.74) is 1.23. The maximum Gasteiger partial charge on any atom is 0.246 e. The zero-order valence-electron chi connectivity index (χ0n) is 24.8. The van der Waals surface area contributed by atoms with E-state index in [2.05, 4.69) is 0 Å². The fourth-order valence-electron chi connectivity index (χ4n) is 8.47. The van der Waals surface area contributed by atoms with Gasteiger partial charge in [0.15, 0.2) is 0 Å². The van der Waals surface area contributed by atoms with E-state index >= 15 is 4.79 Å². The Bertz CT molecular complexity index is 1740. The molecule has 230 valence electrons. The van der Waals surface area contributed by atoms with E-state index in [0.29, 0.717) is 34.0 Å². The van der Waals surface area contributed by atoms with Gasteiger partial charge in [0.1, 0.15) is 12.4 Å². The number of imide groups is 2. The molecule has 0 bridgehead atoms. The molecule has 0 radical (unpaired) electrons. The van der Waals surface area contributed by atoms with Gasteiger partial charge < -0.3 is 9.84 Å². The van der Waals surface area contributed by atoms with Crippen LogP contribution in [0.5, 0.6) is 5.75 Å². The Morgan fingerprint density at radius 1 is 0.911 bits per heavy atom. The Labute approximate surface area is 266 Å². The fraction of sp³-hybridized carbons (Fsp3) is 0.333. The van der Waals surface area contributed by atoms with Crippen molar-refractivity contribution >= 4 is 40.9 Å². The highest BCUT2D eigenvalue weighted by Crippen LogP contribution is 2.65. The molecule has 1 N–H and O–H groups in total. The number of nitrogens with zero attached hydrogens (tertiary/aromatic N) is 2. The molecule has 2 aliphatic carbocycles. The van der Waals surface area contributed by atoms with Crippen molar-refractivity contribution in [3.05, 3.63) is 107 Å². The molecule has 9 heteroatoms. The lowest BCUT2D eigenvalue weighted by Gasteiger charge is -2.51. The number of allylic oxidation sites excluding steroid dienone is 2. The van der Waals surface area contributed by atoms with Gasteiger partial charge in [0.05, 0.1) is 35.5 Å². The molecule has 0 unspecified atom stereocenters. The van der Waals surface area contributed by atoms with Gasteiger partial charge >= 0.3 is 0 Å². The minimum atomic E-state index is -1.38. The second-order valence-electron chi connectivity index (χ2n) is 12.1. The van der Waals surface area contributed by atoms with Crippen LogP contribution in [0.2, 0.25) is 5.02 Å². The first-order valence-electron chi connectivity index (χ1n) is 15.4. The smallest absolute Gasteiger partial charge is 0.246 e. The van der Waals surface area contributed by atoms with Crippen molar-refractivity contribution in [1.82, 2.24) is 4.90 Å². The summed E-state index contributed by atoms with van der Waals surface area (Å²) in [6, 6.07) is 23.5. The molecule has 4 aliphatic rings. The number of benzene rings is 3. The van der Waals surface area contributed by atoms with Gasteiger partial charge in [0, 0.05) is 23.0 Å². The predicted octanol–water partition coefficient (Wildman–Crippen LogP) is 4.89. The van der Waals surface area contributed by atoms with Crippen molar-refractivity contribution in [2.45, 2.75) is 31.1 Å². The van der Waals surface area contributed by atoms with Crippen molar-refractivity contribution in [1.29, 1.82) is 0 Å². The number of likely N-dealkylation sites (tertiary alicyclic amines) is 1. The number of aliphatic hydroxyl groups excluding tert-OH is 1. The number of rotatable bonds is 7. The maximum atomic E-state index is 15.2. The monoisotopic (exact) mass is 624 g/mol. The lowest BCUT2D eigenvalue weighted by molar-refractivity contribution is -0.140. The summed E-state index contributed by atoms with van der Waals surface area (Å²) in [6.45, 7) is 1.91. The van der Waals surface area contributed by atoms with Gasteiger partial charge in [-0.3, -0.25) is 24.1 Å². The summed E-state index contributed by atoms with van der Waals surface area (Å²) < 4.78 is 6.06. The summed E-state index contributed by atoms with van der Waals surface area (Å²) in [7, 11) is 0. The van der Waals surface area contributed by atoms with Gasteiger partial charge in [-0.15, -0.1) is 0 Å². The molecular formula is C36H33ClN2O6. The third kappa shape index (κ3) is 4.22. The highest BCUT2D eigenvalue weighted by Gasteiger charge is 2.70. The van der Waals surface area contributed by atoms with E-state index in [9.17, 15) is 19.5 Å². The van der Waals surface area contributed by atoms with Crippen LogP contribution in [0.15, 0.2) is 90.5 Å². The topological polar surface area (TPSA) is 104 Å². The van der Waals surface area contributed by atoms with Crippen LogP contribution in [-0.4, -0.2) is 53.4 Å². The highest BCUT2D eigenvalue weighted by atomic mass is 35.5. The number of carbonyl (C=O) groups is 4. The summed E-state index contributed by atoms with van der Waals surface area (Å²) in [5.74, 6) is -3.77. The van der Waals surface area contributed by atoms with E-state index in [1.54, 1.807) is 37.3 Å². The number of hydrogen-bond donors (Lipinski definition) is 1. The molecule has 0 spiro atoms. The molecule has 1 saturated carbocycles. The molecule has 7 rings (SSSR count). The Morgan fingerprint density at radius 2 is 1.67 bits per heavy atom. The van der Waals surface area contributed by atoms with Crippen LogP contribution in [0.3, 0.4) is 0 Å². The number of hydrogen-bond acceptors (Lipinski definition) is 6. The number of fused-ring (bicyclic) bond motifs is 4. The number of aliphatic hydroxyl groups is 1. The van der Waals surface area contributed by atoms with Crippen molar-refractivity contribution in [2.75, 3.05) is 24.7 Å². The van der Waals surface area contributed by atoms with E-state index in [0.717, 1.165) is 5.57 Å². The van der Waals surface area contributed by atoms with Crippen LogP contribution in [0.4, 0.5) is 5.69 Å². The molecular weight excluding hydrogens is 592 g/mol. The number of para-hydroxylation sites is 1. The molecule has 45 heavy (non-hydrogen) atoms. The molecule has 2 saturated heterocycles. The maximum absolute atomic E-state index is 15.2. The summed E-state index contributed by atoms with van der Waals surface area (Å²) in [5, 5.41) is 10.0. The van der Waals surface area contributed by atoms with Crippen LogP contribution in [-0.2, 0) is 24.6 Å². The van der Waals surface area contributed by atoms with Gasteiger partial charge in [-0.05, 0) is 55.5 Å². The van der Waals surface area contributed by atoms with Gasteiger partial charge in [0.2, 0.25) is 23.6 Å². The molecule has 2 heterocycles. The molecule has 8 nitrogen and oxygen atoms in total. The number of amides is 4. The van der Waals surface area contributed by atoms with Crippen LogP contribution < -0.4 is 9.64 Å². The minimum absolute atomic E-state index is 0.0403. The lowest BCUT2D eigenvalue weighted by atomic mass is 9.49. The van der Waals surface area contributed by atoms with Gasteiger partial charge in [-0.1, -0.05) is 77.8 Å². The number of anilines is 1. The van der Waals surface area contributed by atoms with E-state index in [1.807, 2.05) is 54.6 Å². The van der Waals surface area contributed by atoms with Crippen molar-refractivity contribution in [3.63, 3.8) is 0 Å². The highest BCUT2D eigenvalue weighted by molar-refractivity contribution is 6.32. The average molecular weight is 625 g/mol. The largest absolute Gasteiger partial charge is 0.491 e. The van der Waals surface area contributed by atoms with Crippen molar-refractivity contribution in [2.24, 2.45) is 23.7 Å². The molecule has 6 atom stereocenters. The molecule has 3 aromatic rings. The molecule has 2 aliphatic heterocycles. The Hall–Kier alpha value is -4.27. The third-order valence-corrected chi connectivity index (χ3v) is 10.4. The van der Waals surface area contributed by atoms with Gasteiger partial charge in [0.25, 0.3) is 0 Å². The fourth-order valence-corrected chi connectivity index (χ4v) is 8.66. The summed E-state index contributed by atoms with van der Waals surface area (Å²) >= 11 is 6.37. The third-order valence-electron chi connectivity index (χ3n) is 10.2. The van der Waals surface area contributed by atoms with Crippen molar-refractivity contribution in [3.8, 4) is 5.75 Å². The first-order chi connectivity index (χ1) is 21.8. The Kier molecular flexibility index (Phi) is 7.37. The number of ether oxygens (including phenoxy) is 1. The number of halogens is 1. The summed E-state index contributed by atoms with van der Waals surface area (Å²) in [4.78, 5) is 59.8. The average Bonchev–Trinajstić information content (AvgIpc) is 3.44. The van der Waals surface area contributed by atoms with Gasteiger partial charge in [-0.2, -0.15) is 0 Å². The van der Waals surface area contributed by atoms with Crippen LogP contribution in [0, 0.1) is 23.7 Å². The Morgan fingerprint density at radius 3 is 2.40 bits per heavy atom. The second-order valence-corrected chi connectivity index (χ2v) is 12.6. The van der Waals surface area contributed by atoms with Crippen molar-refractivity contribution < 1.29 is 29.0 Å². The predicted molar refractivity (Wildman–Crippen MR) is 167 cm³/mol. The standard InChI is InChI=1S/C36H33ClN2O6/c1-2-38-32(41)26-16-15-24-27(30(26)34(38)43)20-28-33(42)39(23-12-8-11-22(37)19-23)35(44)36(28,21-9-4-3-5-10-21)31(24)25-13-6-7-14-29(25)45-18-17-40/h3-15,19,26-28,30-31,40H,2,16-18,20H2,1H3/t26-,27+,28-,30-,31+,36+/m0/s1. The first kappa shape index (κ1) is 29.4. The summed E-state index contributed by atoms with van der Waals surface area (Å²) in [6.07, 6.45) is 2.63. The quantitative estimate of drug-likeness (QED) is 0.296. The molecule has 3 aromatic carbocycles. The zero-order valence-corrected chi connectivity index (χ0v) is 25.5. The normalized spacial score (nSPS) is 29.0. The molecule has 0 aromatic heterocycles.